The number of hydrogen-bond acceptors (Lipinski definition) is 7. The Balaban J connectivity index is 1.83. The van der Waals surface area contributed by atoms with Crippen molar-refractivity contribution in [3.8, 4) is 6.07 Å². The molecule has 0 saturated heterocycles. The number of nitriles is 1. The van der Waals surface area contributed by atoms with Crippen LogP contribution >= 0.6 is 11.8 Å². The Kier molecular flexibility index (Phi) is 6.52. The fourth-order valence-corrected chi connectivity index (χ4v) is 2.67. The number of nitrogens with zero attached hydrogens (tertiary/aromatic N) is 4. The van der Waals surface area contributed by atoms with Gasteiger partial charge in [0.2, 0.25) is 11.8 Å². The molecule has 0 atom stereocenters. The zero-order valence-electron chi connectivity index (χ0n) is 14.4. The van der Waals surface area contributed by atoms with Crippen LogP contribution < -0.4 is 11.1 Å². The van der Waals surface area contributed by atoms with E-state index < -0.39 is 0 Å². The topological polar surface area (TPSA) is 125 Å². The largest absolute Gasteiger partial charge is 0.382 e. The number of nitrogens with one attached hydrogen (secondary N) is 1. The Morgan fingerprint density at radius 3 is 2.65 bits per heavy atom. The molecule has 0 radical (unpaired) electrons. The van der Waals surface area contributed by atoms with Crippen molar-refractivity contribution < 1.29 is 9.59 Å². The second-order valence-corrected chi connectivity index (χ2v) is 6.46. The Morgan fingerprint density at radius 1 is 1.35 bits per heavy atom. The molecule has 0 aliphatic rings. The zero-order chi connectivity index (χ0) is 19.1. The number of benzene rings is 1. The molecule has 2 amide bonds. The lowest BCUT2D eigenvalue weighted by Gasteiger charge is -2.16. The van der Waals surface area contributed by atoms with Gasteiger partial charge in [-0.05, 0) is 19.1 Å². The monoisotopic (exact) mass is 370 g/mol. The highest BCUT2D eigenvalue weighted by atomic mass is 32.2. The molecule has 0 bridgehead atoms. The molecule has 0 aliphatic carbocycles. The number of thioether (sulfide) groups is 1. The molecule has 1 aromatic carbocycles. The number of aromatic nitrogens is 2. The van der Waals surface area contributed by atoms with Crippen LogP contribution in [0.25, 0.3) is 0 Å². The summed E-state index contributed by atoms with van der Waals surface area (Å²) in [5.41, 5.74) is 7.57. The predicted octanol–water partition coefficient (Wildman–Crippen LogP) is 1.43. The minimum absolute atomic E-state index is 0.0552. The van der Waals surface area contributed by atoms with E-state index >= 15 is 0 Å². The van der Waals surface area contributed by atoms with Crippen LogP contribution in [0.5, 0.6) is 0 Å². The van der Waals surface area contributed by atoms with E-state index in [1.165, 1.54) is 11.1 Å². The van der Waals surface area contributed by atoms with E-state index in [9.17, 15) is 9.59 Å². The van der Waals surface area contributed by atoms with Crippen molar-refractivity contribution in [1.82, 2.24) is 14.9 Å². The number of aryl methyl sites for hydroxylation is 1. The molecule has 26 heavy (non-hydrogen) atoms. The van der Waals surface area contributed by atoms with Gasteiger partial charge in [-0.1, -0.05) is 29.5 Å². The zero-order valence-corrected chi connectivity index (χ0v) is 15.2. The Bertz CT molecular complexity index is 847. The maximum Gasteiger partial charge on any atom is 0.243 e. The van der Waals surface area contributed by atoms with Crippen molar-refractivity contribution in [2.24, 2.45) is 0 Å². The molecule has 0 spiro atoms. The molecular weight excluding hydrogens is 352 g/mol. The summed E-state index contributed by atoms with van der Waals surface area (Å²) in [4.78, 5) is 33.4. The van der Waals surface area contributed by atoms with E-state index in [1.807, 2.05) is 25.1 Å². The first-order valence-corrected chi connectivity index (χ1v) is 8.63. The van der Waals surface area contributed by atoms with Crippen molar-refractivity contribution in [3.63, 3.8) is 0 Å². The third kappa shape index (κ3) is 5.46. The van der Waals surface area contributed by atoms with Gasteiger partial charge in [-0.2, -0.15) is 5.26 Å². The lowest BCUT2D eigenvalue weighted by molar-refractivity contribution is -0.131. The SMILES string of the molecule is Cc1ccc(NC(=O)CN(C)C(=O)CSc2ncc(C#N)c(N)n2)cc1. The third-order valence-electron chi connectivity index (χ3n) is 3.38. The summed E-state index contributed by atoms with van der Waals surface area (Å²) in [7, 11) is 1.55. The second-order valence-electron chi connectivity index (χ2n) is 5.52. The Labute approximate surface area is 155 Å². The van der Waals surface area contributed by atoms with Crippen molar-refractivity contribution in [3.05, 3.63) is 41.6 Å². The summed E-state index contributed by atoms with van der Waals surface area (Å²) in [6, 6.07) is 9.26. The lowest BCUT2D eigenvalue weighted by Crippen LogP contribution is -2.36. The smallest absolute Gasteiger partial charge is 0.243 e. The highest BCUT2D eigenvalue weighted by Crippen LogP contribution is 2.16. The van der Waals surface area contributed by atoms with Crippen molar-refractivity contribution in [2.45, 2.75) is 12.1 Å². The van der Waals surface area contributed by atoms with Crippen LogP contribution in [-0.4, -0.2) is 46.0 Å². The van der Waals surface area contributed by atoms with E-state index in [2.05, 4.69) is 15.3 Å². The van der Waals surface area contributed by atoms with Crippen molar-refractivity contribution in [1.29, 1.82) is 5.26 Å². The van der Waals surface area contributed by atoms with Gasteiger partial charge in [0, 0.05) is 12.7 Å². The molecule has 9 heteroatoms. The van der Waals surface area contributed by atoms with Gasteiger partial charge in [-0.25, -0.2) is 9.97 Å². The van der Waals surface area contributed by atoms with E-state index in [0.29, 0.717) is 10.8 Å². The summed E-state index contributed by atoms with van der Waals surface area (Å²) in [6.07, 6.45) is 1.31. The van der Waals surface area contributed by atoms with E-state index in [4.69, 9.17) is 11.0 Å². The first-order valence-electron chi connectivity index (χ1n) is 7.65. The minimum atomic E-state index is -0.284. The fraction of sp³-hybridized carbons (Fsp3) is 0.235. The highest BCUT2D eigenvalue weighted by molar-refractivity contribution is 7.99. The number of carbonyl (C=O) groups is 2. The van der Waals surface area contributed by atoms with Crippen LogP contribution in [0, 0.1) is 18.3 Å². The molecule has 0 fully saturated rings. The first kappa shape index (κ1) is 19.2. The number of hydrogen-bond donors (Lipinski definition) is 2. The molecule has 1 heterocycles. The summed E-state index contributed by atoms with van der Waals surface area (Å²) >= 11 is 1.09. The number of anilines is 2. The Morgan fingerprint density at radius 2 is 2.04 bits per heavy atom. The molecular formula is C17H18N6O2S. The molecule has 3 N–H and O–H groups in total. The van der Waals surface area contributed by atoms with Gasteiger partial charge in [-0.3, -0.25) is 9.59 Å². The van der Waals surface area contributed by atoms with Crippen LogP contribution in [0.4, 0.5) is 11.5 Å². The summed E-state index contributed by atoms with van der Waals surface area (Å²) in [5, 5.41) is 11.8. The second kappa shape index (κ2) is 8.82. The number of rotatable bonds is 6. The van der Waals surface area contributed by atoms with Gasteiger partial charge in [-0.15, -0.1) is 0 Å². The number of nitrogen functional groups attached to an aromatic ring is 1. The van der Waals surface area contributed by atoms with Gasteiger partial charge in [0.05, 0.1) is 18.5 Å². The van der Waals surface area contributed by atoms with Crippen molar-refractivity contribution >= 4 is 35.1 Å². The van der Waals surface area contributed by atoms with Gasteiger partial charge >= 0.3 is 0 Å². The van der Waals surface area contributed by atoms with E-state index in [0.717, 1.165) is 17.3 Å². The highest BCUT2D eigenvalue weighted by Gasteiger charge is 2.14. The maximum atomic E-state index is 12.1. The minimum Gasteiger partial charge on any atom is -0.382 e. The van der Waals surface area contributed by atoms with Crippen LogP contribution in [0.1, 0.15) is 11.1 Å². The van der Waals surface area contributed by atoms with Crippen LogP contribution in [0.2, 0.25) is 0 Å². The molecule has 8 nitrogen and oxygen atoms in total. The number of nitrogens with two attached hydrogens (primary N) is 1. The molecule has 0 unspecified atom stereocenters. The van der Waals surface area contributed by atoms with Gasteiger partial charge < -0.3 is 16.0 Å². The average Bonchev–Trinajstić information content (AvgIpc) is 2.61. The van der Waals surface area contributed by atoms with Crippen LogP contribution in [-0.2, 0) is 9.59 Å². The van der Waals surface area contributed by atoms with Crippen LogP contribution in [0.15, 0.2) is 35.6 Å². The fourth-order valence-electron chi connectivity index (χ4n) is 1.91. The van der Waals surface area contributed by atoms with Crippen molar-refractivity contribution in [2.75, 3.05) is 30.4 Å². The maximum absolute atomic E-state index is 12.1. The summed E-state index contributed by atoms with van der Waals surface area (Å²) in [5.74, 6) is -0.405. The van der Waals surface area contributed by atoms with Gasteiger partial charge in [0.1, 0.15) is 17.5 Å². The number of likely N-dealkylation sites (N-methyl/N-ethyl adjacent to an activating group) is 1. The third-order valence-corrected chi connectivity index (χ3v) is 4.23. The quantitative estimate of drug-likeness (QED) is 0.582. The standard InChI is InChI=1S/C17H18N6O2S/c1-11-3-5-13(6-4-11)21-14(24)9-23(2)15(25)10-26-17-20-8-12(7-18)16(19)22-17/h3-6,8H,9-10H2,1-2H3,(H,21,24)(H2,19,20,22). The summed E-state index contributed by atoms with van der Waals surface area (Å²) < 4.78 is 0. The van der Waals surface area contributed by atoms with E-state index in [1.54, 1.807) is 19.2 Å². The molecule has 0 saturated carbocycles. The van der Waals surface area contributed by atoms with Gasteiger partial charge in [0.15, 0.2) is 5.16 Å². The van der Waals surface area contributed by atoms with E-state index in [-0.39, 0.29) is 35.5 Å². The Hall–Kier alpha value is -3.12. The molecule has 1 aromatic heterocycles. The first-order chi connectivity index (χ1) is 12.4. The normalized spacial score (nSPS) is 10.0. The molecule has 2 aromatic rings. The summed E-state index contributed by atoms with van der Waals surface area (Å²) in [6.45, 7) is 1.89. The lowest BCUT2D eigenvalue weighted by atomic mass is 10.2. The number of carbonyl (C=O) groups excluding carboxylic acids is 2. The van der Waals surface area contributed by atoms with Gasteiger partial charge in [0.25, 0.3) is 0 Å². The number of amides is 2. The molecule has 2 rings (SSSR count). The van der Waals surface area contributed by atoms with Crippen LogP contribution in [0.3, 0.4) is 0 Å². The average molecular weight is 370 g/mol. The molecule has 0 aliphatic heterocycles. The predicted molar refractivity (Wildman–Crippen MR) is 99.3 cm³/mol. The molecule has 134 valence electrons.